The molecule has 26 heavy (non-hydrogen) atoms. The molecule has 0 amide bonds. The maximum atomic E-state index is 11.4. The van der Waals surface area contributed by atoms with Crippen molar-refractivity contribution in [2.24, 2.45) is 0 Å². The Balaban J connectivity index is 2.06. The molecule has 1 aromatic heterocycles. The van der Waals surface area contributed by atoms with E-state index in [2.05, 4.69) is 10.1 Å². The van der Waals surface area contributed by atoms with Gasteiger partial charge in [0.15, 0.2) is 0 Å². The Bertz CT molecular complexity index is 865. The lowest BCUT2D eigenvalue weighted by Crippen LogP contribution is -2.33. The molecule has 0 aliphatic heterocycles. The first-order chi connectivity index (χ1) is 12.4. The summed E-state index contributed by atoms with van der Waals surface area (Å²) in [5, 5.41) is 37.0. The third-order valence-corrected chi connectivity index (χ3v) is 3.97. The van der Waals surface area contributed by atoms with Gasteiger partial charge in [-0.25, -0.2) is 9.67 Å². The summed E-state index contributed by atoms with van der Waals surface area (Å²) in [6.45, 7) is -0.0252. The van der Waals surface area contributed by atoms with Gasteiger partial charge < -0.3 is 5.11 Å². The molecule has 0 saturated carbocycles. The summed E-state index contributed by atoms with van der Waals surface area (Å²) in [5.41, 5.74) is -1.07. The first-order valence-electron chi connectivity index (χ1n) is 7.45. The van der Waals surface area contributed by atoms with Crippen LogP contribution in [0.4, 0.5) is 11.4 Å². The molecule has 0 fully saturated rings. The lowest BCUT2D eigenvalue weighted by molar-refractivity contribution is -0.385. The molecule has 0 radical (unpaired) electrons. The van der Waals surface area contributed by atoms with Gasteiger partial charge in [0.1, 0.15) is 18.3 Å². The lowest BCUT2D eigenvalue weighted by atomic mass is 9.86. The Morgan fingerprint density at radius 2 is 1.38 bits per heavy atom. The van der Waals surface area contributed by atoms with Gasteiger partial charge >= 0.3 is 0 Å². The first-order valence-corrected chi connectivity index (χ1v) is 7.45. The predicted molar refractivity (Wildman–Crippen MR) is 89.2 cm³/mol. The monoisotopic (exact) mass is 355 g/mol. The molecular formula is C16H13N5O5. The van der Waals surface area contributed by atoms with Crippen LogP contribution >= 0.6 is 0 Å². The number of rotatable bonds is 6. The molecule has 0 unspecified atom stereocenters. The Labute approximate surface area is 146 Å². The van der Waals surface area contributed by atoms with Gasteiger partial charge in [-0.2, -0.15) is 5.10 Å². The van der Waals surface area contributed by atoms with E-state index >= 15 is 0 Å². The van der Waals surface area contributed by atoms with Crippen LogP contribution in [-0.2, 0) is 12.1 Å². The molecule has 1 heterocycles. The van der Waals surface area contributed by atoms with Crippen LogP contribution in [0.25, 0.3) is 0 Å². The fourth-order valence-electron chi connectivity index (χ4n) is 2.62. The molecule has 10 nitrogen and oxygen atoms in total. The van der Waals surface area contributed by atoms with Crippen molar-refractivity contribution < 1.29 is 15.0 Å². The van der Waals surface area contributed by atoms with Crippen molar-refractivity contribution in [1.29, 1.82) is 0 Å². The van der Waals surface area contributed by atoms with Crippen LogP contribution in [-0.4, -0.2) is 29.7 Å². The average molecular weight is 355 g/mol. The molecule has 0 saturated heterocycles. The molecule has 132 valence electrons. The van der Waals surface area contributed by atoms with Crippen LogP contribution in [0, 0.1) is 20.2 Å². The number of nitrogens with zero attached hydrogens (tertiary/aromatic N) is 5. The van der Waals surface area contributed by atoms with E-state index in [0.29, 0.717) is 11.1 Å². The molecular weight excluding hydrogens is 342 g/mol. The summed E-state index contributed by atoms with van der Waals surface area (Å²) in [7, 11) is 0. The second-order valence-electron chi connectivity index (χ2n) is 5.56. The second-order valence-corrected chi connectivity index (χ2v) is 5.56. The highest BCUT2D eigenvalue weighted by atomic mass is 16.6. The van der Waals surface area contributed by atoms with Crippen molar-refractivity contribution in [3.05, 3.63) is 92.5 Å². The van der Waals surface area contributed by atoms with E-state index in [1.165, 1.54) is 65.9 Å². The molecule has 3 rings (SSSR count). The molecule has 10 heteroatoms. The Morgan fingerprint density at radius 3 is 1.73 bits per heavy atom. The van der Waals surface area contributed by atoms with Gasteiger partial charge in [0, 0.05) is 24.3 Å². The van der Waals surface area contributed by atoms with Gasteiger partial charge in [0.25, 0.3) is 11.4 Å². The summed E-state index contributed by atoms with van der Waals surface area (Å²) in [6.07, 6.45) is 2.73. The molecule has 0 spiro atoms. The van der Waals surface area contributed by atoms with E-state index in [1.807, 2.05) is 0 Å². The summed E-state index contributed by atoms with van der Waals surface area (Å²) < 4.78 is 1.41. The average Bonchev–Trinajstić information content (AvgIpc) is 3.14. The van der Waals surface area contributed by atoms with Crippen LogP contribution in [0.15, 0.2) is 61.2 Å². The van der Waals surface area contributed by atoms with Gasteiger partial charge in [0.2, 0.25) is 0 Å². The summed E-state index contributed by atoms with van der Waals surface area (Å²) in [6, 6.07) is 10.9. The van der Waals surface area contributed by atoms with Crippen LogP contribution in [0.2, 0.25) is 0 Å². The zero-order valence-electron chi connectivity index (χ0n) is 13.3. The quantitative estimate of drug-likeness (QED) is 0.527. The standard InChI is InChI=1S/C16H13N5O5/c22-16(9-19-11-17-10-18-19,12-1-5-14(6-2-12)20(23)24)13-3-7-15(8-4-13)21(25)26/h1-8,10-11,22H,9H2. The molecule has 1 N–H and O–H groups in total. The van der Waals surface area contributed by atoms with Crippen molar-refractivity contribution in [2.45, 2.75) is 12.1 Å². The minimum absolute atomic E-state index is 0.0252. The van der Waals surface area contributed by atoms with Crippen molar-refractivity contribution in [3.63, 3.8) is 0 Å². The smallest absolute Gasteiger partial charge is 0.269 e. The van der Waals surface area contributed by atoms with Crippen LogP contribution in [0.1, 0.15) is 11.1 Å². The molecule has 3 aromatic rings. The van der Waals surface area contributed by atoms with Gasteiger partial charge in [-0.05, 0) is 35.4 Å². The highest BCUT2D eigenvalue weighted by Crippen LogP contribution is 2.33. The van der Waals surface area contributed by atoms with Crippen LogP contribution in [0.5, 0.6) is 0 Å². The highest BCUT2D eigenvalue weighted by Gasteiger charge is 2.33. The summed E-state index contributed by atoms with van der Waals surface area (Å²) in [4.78, 5) is 24.5. The zero-order chi connectivity index (χ0) is 18.7. The van der Waals surface area contributed by atoms with Crippen molar-refractivity contribution in [3.8, 4) is 0 Å². The maximum Gasteiger partial charge on any atom is 0.269 e. The van der Waals surface area contributed by atoms with Gasteiger partial charge in [-0.15, -0.1) is 0 Å². The largest absolute Gasteiger partial charge is 0.378 e. The lowest BCUT2D eigenvalue weighted by Gasteiger charge is -2.29. The normalized spacial score (nSPS) is 11.3. The topological polar surface area (TPSA) is 137 Å². The number of aliphatic hydroxyl groups is 1. The van der Waals surface area contributed by atoms with Crippen molar-refractivity contribution in [2.75, 3.05) is 0 Å². The van der Waals surface area contributed by atoms with Crippen LogP contribution < -0.4 is 0 Å². The SMILES string of the molecule is O=[N+]([O-])c1ccc(C(O)(Cn2cncn2)c2ccc([N+](=O)[O-])cc2)cc1. The highest BCUT2D eigenvalue weighted by molar-refractivity contribution is 5.43. The number of nitro benzene ring substituents is 2. The minimum Gasteiger partial charge on any atom is -0.378 e. The molecule has 0 aliphatic carbocycles. The second kappa shape index (κ2) is 6.69. The van der Waals surface area contributed by atoms with E-state index < -0.39 is 15.4 Å². The Kier molecular flexibility index (Phi) is 4.42. The summed E-state index contributed by atoms with van der Waals surface area (Å²) >= 11 is 0. The first kappa shape index (κ1) is 17.2. The van der Waals surface area contributed by atoms with E-state index in [9.17, 15) is 25.3 Å². The van der Waals surface area contributed by atoms with Gasteiger partial charge in [-0.3, -0.25) is 20.2 Å². The molecule has 0 atom stereocenters. The Morgan fingerprint density at radius 1 is 0.923 bits per heavy atom. The zero-order valence-corrected chi connectivity index (χ0v) is 13.3. The van der Waals surface area contributed by atoms with Gasteiger partial charge in [-0.1, -0.05) is 0 Å². The molecule has 0 aliphatic rings. The Hall–Kier alpha value is -3.66. The van der Waals surface area contributed by atoms with E-state index in [4.69, 9.17) is 0 Å². The maximum absolute atomic E-state index is 11.4. The number of benzene rings is 2. The van der Waals surface area contributed by atoms with E-state index in [-0.39, 0.29) is 17.9 Å². The number of aromatic nitrogens is 3. The van der Waals surface area contributed by atoms with Crippen molar-refractivity contribution >= 4 is 11.4 Å². The summed E-state index contributed by atoms with van der Waals surface area (Å²) in [5.74, 6) is 0. The fourth-order valence-corrected chi connectivity index (χ4v) is 2.62. The minimum atomic E-state index is -1.61. The number of hydrogen-bond donors (Lipinski definition) is 1. The van der Waals surface area contributed by atoms with Crippen molar-refractivity contribution in [1.82, 2.24) is 14.8 Å². The molecule has 0 bridgehead atoms. The van der Waals surface area contributed by atoms with E-state index in [1.54, 1.807) is 0 Å². The fraction of sp³-hybridized carbons (Fsp3) is 0.125. The van der Waals surface area contributed by atoms with Crippen LogP contribution in [0.3, 0.4) is 0 Å². The van der Waals surface area contributed by atoms with E-state index in [0.717, 1.165) is 0 Å². The molecule has 2 aromatic carbocycles. The van der Waals surface area contributed by atoms with Gasteiger partial charge in [0.05, 0.1) is 16.4 Å². The number of non-ortho nitro benzene ring substituents is 2. The third-order valence-electron chi connectivity index (χ3n) is 3.97. The number of nitro groups is 2. The predicted octanol–water partition coefficient (Wildman–Crippen LogP) is 2.03. The third kappa shape index (κ3) is 3.26. The number of hydrogen-bond acceptors (Lipinski definition) is 7.